The number of carbonyl (C=O) groups excluding carboxylic acids is 3. The number of urea groups is 3. The van der Waals surface area contributed by atoms with Gasteiger partial charge in [0.15, 0.2) is 0 Å². The van der Waals surface area contributed by atoms with E-state index in [0.29, 0.717) is 48.2 Å². The number of amides is 6. The van der Waals surface area contributed by atoms with Gasteiger partial charge in [0.1, 0.15) is 11.5 Å². The van der Waals surface area contributed by atoms with Crippen LogP contribution in [0.25, 0.3) is 0 Å². The average Bonchev–Trinajstić information content (AvgIpc) is 0.840. The van der Waals surface area contributed by atoms with Crippen molar-refractivity contribution in [1.82, 2.24) is 29.4 Å². The van der Waals surface area contributed by atoms with Crippen LogP contribution in [0.4, 0.5) is 44.6 Å². The minimum atomic E-state index is -4.45. The number of piperidine rings is 3. The molecule has 3 aliphatic heterocycles. The molecule has 0 radical (unpaired) electrons. The van der Waals surface area contributed by atoms with Crippen LogP contribution < -0.4 is 20.7 Å². The third-order valence-electron chi connectivity index (χ3n) is 19.8. The lowest BCUT2D eigenvalue weighted by Gasteiger charge is -2.40. The average molecular weight is 1410 g/mol. The van der Waals surface area contributed by atoms with Crippen LogP contribution in [0.15, 0.2) is 218 Å². The number of ether oxygens (including phenoxy) is 1. The van der Waals surface area contributed by atoms with Crippen LogP contribution in [-0.4, -0.2) is 124 Å². The Morgan fingerprint density at radius 3 is 1.24 bits per heavy atom. The van der Waals surface area contributed by atoms with E-state index in [-0.39, 0.29) is 41.9 Å². The predicted molar refractivity (Wildman–Crippen MR) is 410 cm³/mol. The first-order chi connectivity index (χ1) is 49.5. The summed E-state index contributed by atoms with van der Waals surface area (Å²) in [6.45, 7) is 20.0. The van der Waals surface area contributed by atoms with E-state index >= 15 is 0 Å². The normalized spacial score (nSPS) is 15.5. The number of benzene rings is 8. The summed E-state index contributed by atoms with van der Waals surface area (Å²) in [4.78, 5) is 53.7. The van der Waals surface area contributed by atoms with Gasteiger partial charge in [0.25, 0.3) is 0 Å². The first-order valence-corrected chi connectivity index (χ1v) is 37.3. The Labute approximate surface area is 609 Å². The SMILES string of the molecule is CCCC(C)N1CCC(N(Cc2ccccc2)C(=O)Nc2ccc(Oc3ccc(Cl)cc3)cc2)CC1.CCCC(C)N1CCC(N(Cc2ccccc2)C(=O)Nc2cccc(Cc3ccccc3)c2)CC1.CCCCN1CCC(N(Cc2ccccc2)C(=O)Nc2cccc(C(F)(F)F)c2)CC1. The summed E-state index contributed by atoms with van der Waals surface area (Å²) >= 11 is 5.95. The number of nitrogens with zero attached hydrogens (tertiary/aromatic N) is 6. The van der Waals surface area contributed by atoms with E-state index in [1.54, 1.807) is 17.0 Å². The zero-order valence-electron chi connectivity index (χ0n) is 60.3. The zero-order chi connectivity index (χ0) is 72.1. The van der Waals surface area contributed by atoms with Gasteiger partial charge in [0.05, 0.1) is 5.56 Å². The van der Waals surface area contributed by atoms with Crippen LogP contribution in [0.5, 0.6) is 11.5 Å². The minimum Gasteiger partial charge on any atom is -0.457 e. The first-order valence-electron chi connectivity index (χ1n) is 36.9. The van der Waals surface area contributed by atoms with Gasteiger partial charge in [-0.05, 0) is 191 Å². The van der Waals surface area contributed by atoms with E-state index < -0.39 is 11.7 Å². The van der Waals surface area contributed by atoms with E-state index in [1.165, 1.54) is 54.5 Å². The van der Waals surface area contributed by atoms with E-state index in [2.05, 4.69) is 131 Å². The second-order valence-corrected chi connectivity index (χ2v) is 27.8. The molecule has 0 saturated carbocycles. The minimum absolute atomic E-state index is 0.00855. The molecule has 3 saturated heterocycles. The summed E-state index contributed by atoms with van der Waals surface area (Å²) < 4.78 is 45.0. The standard InChI is InChI=1S/C31H39N3O.C30H36ClN3O2.C24H30F3N3O/c1-3-11-25(2)33-20-18-30(19-21-33)34(24-27-14-8-5-9-15-27)31(35)32-29-17-10-16-28(23-29)22-26-12-6-4-7-13-26;1-3-7-23(2)33-20-18-27(19-21-33)34(22-24-8-5-4-6-9-24)30(35)32-26-12-16-29(17-13-26)36-28-14-10-25(31)11-15-28;1-2-3-14-29-15-12-22(13-16-29)30(18-19-8-5-4-6-9-19)23(31)28-21-11-7-10-20(17-21)24(25,26)27/h4-10,12-17,23,25,30H,3,11,18-22,24H2,1-2H3,(H,32,35);4-6,8-17,23,27H,3,7,18-22H2,1-2H3,(H,32,35);4-11,17,22H,2-3,12-16,18H2,1H3,(H,28,31). The molecule has 3 fully saturated rings. The molecule has 6 amide bonds. The third-order valence-corrected chi connectivity index (χ3v) is 20.0. The Morgan fingerprint density at radius 1 is 0.451 bits per heavy atom. The maximum absolute atomic E-state index is 13.6. The largest absolute Gasteiger partial charge is 0.457 e. The van der Waals surface area contributed by atoms with Crippen LogP contribution in [0, 0.1) is 0 Å². The highest BCUT2D eigenvalue weighted by Crippen LogP contribution is 2.33. The molecule has 102 heavy (non-hydrogen) atoms. The van der Waals surface area contributed by atoms with E-state index in [1.807, 2.05) is 126 Å². The fourth-order valence-electron chi connectivity index (χ4n) is 13.9. The van der Waals surface area contributed by atoms with Gasteiger partial charge < -0.3 is 50.1 Å². The quantitative estimate of drug-likeness (QED) is 0.0522. The summed E-state index contributed by atoms with van der Waals surface area (Å²) in [5.41, 5.74) is 6.75. The number of likely N-dealkylation sites (tertiary alicyclic amines) is 3. The summed E-state index contributed by atoms with van der Waals surface area (Å²) in [7, 11) is 0. The molecule has 13 nitrogen and oxygen atoms in total. The summed E-state index contributed by atoms with van der Waals surface area (Å²) in [5.74, 6) is 1.41. The van der Waals surface area contributed by atoms with Crippen molar-refractivity contribution in [2.45, 2.75) is 174 Å². The highest BCUT2D eigenvalue weighted by Gasteiger charge is 2.34. The van der Waals surface area contributed by atoms with Crippen molar-refractivity contribution in [2.24, 2.45) is 0 Å². The van der Waals surface area contributed by atoms with Crippen LogP contribution in [0.1, 0.15) is 145 Å². The van der Waals surface area contributed by atoms with Crippen LogP contribution in [0.3, 0.4) is 0 Å². The topological polar surface area (TPSA) is 116 Å². The molecule has 542 valence electrons. The molecule has 11 rings (SSSR count). The lowest BCUT2D eigenvalue weighted by atomic mass is 10.00. The van der Waals surface area contributed by atoms with Gasteiger partial charge in [-0.15, -0.1) is 0 Å². The smallest absolute Gasteiger partial charge is 0.416 e. The highest BCUT2D eigenvalue weighted by atomic mass is 35.5. The number of anilines is 3. The number of nitrogens with one attached hydrogen (secondary N) is 3. The molecule has 0 aromatic heterocycles. The lowest BCUT2D eigenvalue weighted by molar-refractivity contribution is -0.137. The van der Waals surface area contributed by atoms with E-state index in [4.69, 9.17) is 16.3 Å². The summed E-state index contributed by atoms with van der Waals surface area (Å²) in [5, 5.41) is 9.69. The molecule has 0 aliphatic carbocycles. The Balaban J connectivity index is 0.000000179. The van der Waals surface area contributed by atoms with Crippen molar-refractivity contribution < 1.29 is 32.3 Å². The fraction of sp³-hybridized carbons (Fsp3) is 0.400. The number of hydrogen-bond donors (Lipinski definition) is 3. The molecule has 17 heteroatoms. The predicted octanol–water partition coefficient (Wildman–Crippen LogP) is 20.8. The van der Waals surface area contributed by atoms with Crippen molar-refractivity contribution in [3.63, 3.8) is 0 Å². The van der Waals surface area contributed by atoms with Crippen molar-refractivity contribution >= 4 is 46.8 Å². The zero-order valence-corrected chi connectivity index (χ0v) is 61.0. The molecule has 3 heterocycles. The van der Waals surface area contributed by atoms with Gasteiger partial charge in [-0.1, -0.05) is 191 Å². The Kier molecular flexibility index (Phi) is 30.6. The van der Waals surface area contributed by atoms with Crippen LogP contribution in [0.2, 0.25) is 5.02 Å². The first kappa shape index (κ1) is 77.5. The monoisotopic (exact) mass is 1410 g/mol. The highest BCUT2D eigenvalue weighted by molar-refractivity contribution is 6.30. The third kappa shape index (κ3) is 24.8. The fourth-order valence-corrected chi connectivity index (χ4v) is 14.1. The number of hydrogen-bond acceptors (Lipinski definition) is 7. The lowest BCUT2D eigenvalue weighted by Crippen LogP contribution is -2.50. The number of carbonyl (C=O) groups is 3. The second kappa shape index (κ2) is 40.2. The van der Waals surface area contributed by atoms with Gasteiger partial charge in [-0.25, -0.2) is 14.4 Å². The second-order valence-electron chi connectivity index (χ2n) is 27.4. The molecular formula is C85H105ClF3N9O4. The van der Waals surface area contributed by atoms with Crippen LogP contribution >= 0.6 is 11.6 Å². The molecule has 8 aromatic carbocycles. The number of alkyl halides is 3. The number of unbranched alkanes of at least 4 members (excludes halogenated alkanes) is 1. The van der Waals surface area contributed by atoms with Crippen LogP contribution in [-0.2, 0) is 32.2 Å². The maximum atomic E-state index is 13.6. The molecule has 8 aromatic rings. The molecule has 2 atom stereocenters. The van der Waals surface area contributed by atoms with Crippen molar-refractivity contribution in [1.29, 1.82) is 0 Å². The molecule has 0 spiro atoms. The van der Waals surface area contributed by atoms with E-state index in [9.17, 15) is 27.6 Å². The van der Waals surface area contributed by atoms with Gasteiger partial charge in [-0.2, -0.15) is 13.2 Å². The number of halogens is 4. The molecule has 3 aliphatic rings. The Hall–Kier alpha value is -8.67. The van der Waals surface area contributed by atoms with Crippen molar-refractivity contribution in [2.75, 3.05) is 61.8 Å². The van der Waals surface area contributed by atoms with Gasteiger partial charge in [-0.3, -0.25) is 0 Å². The maximum Gasteiger partial charge on any atom is 0.416 e. The Bertz CT molecular complexity index is 3740. The molecule has 3 N–H and O–H groups in total. The van der Waals surface area contributed by atoms with E-state index in [0.717, 1.165) is 138 Å². The number of rotatable bonds is 25. The van der Waals surface area contributed by atoms with Gasteiger partial charge >= 0.3 is 24.3 Å². The Morgan fingerprint density at radius 2 is 0.824 bits per heavy atom. The summed E-state index contributed by atoms with van der Waals surface area (Å²) in [6.07, 6.45) is 9.31. The molecule has 2 unspecified atom stereocenters. The van der Waals surface area contributed by atoms with Crippen molar-refractivity contribution in [3.05, 3.63) is 257 Å². The molecular weight excluding hydrogens is 1300 g/mol. The van der Waals surface area contributed by atoms with Gasteiger partial charge in [0.2, 0.25) is 0 Å². The van der Waals surface area contributed by atoms with Crippen molar-refractivity contribution in [3.8, 4) is 11.5 Å². The van der Waals surface area contributed by atoms with Gasteiger partial charge in [0, 0.05) is 111 Å². The molecule has 0 bridgehead atoms. The summed E-state index contributed by atoms with van der Waals surface area (Å²) in [6, 6.07) is 69.7.